The number of carbonyl (C=O) groups excluding carboxylic acids is 2. The Morgan fingerprint density at radius 3 is 2.64 bits per heavy atom. The number of hydrogen-bond donors (Lipinski definition) is 7. The van der Waals surface area contributed by atoms with Gasteiger partial charge in [-0.05, 0) is 55.2 Å². The number of nitrogens with two attached hydrogens (primary N) is 2. The molecule has 0 aliphatic carbocycles. The molecule has 2 aromatic carbocycles. The summed E-state index contributed by atoms with van der Waals surface area (Å²) >= 11 is 0. The van der Waals surface area contributed by atoms with Crippen molar-refractivity contribution >= 4 is 34.9 Å². The molecule has 0 saturated carbocycles. The van der Waals surface area contributed by atoms with Gasteiger partial charge in [0, 0.05) is 48.8 Å². The summed E-state index contributed by atoms with van der Waals surface area (Å²) in [6, 6.07) is 8.78. The minimum absolute atomic E-state index is 0.0544. The van der Waals surface area contributed by atoms with Crippen LogP contribution in [0.15, 0.2) is 48.9 Å². The molecule has 2 aromatic heterocycles. The molecule has 2 heterocycles. The van der Waals surface area contributed by atoms with E-state index >= 15 is 0 Å². The summed E-state index contributed by atoms with van der Waals surface area (Å²) in [6.07, 6.45) is 5.98. The standard InChI is InChI=1S/C31H35F2N11O3/c1-2-18-16-19(5-6-20(18)29(45)39-11-12-40-30(46)22(35)4-3-10-41-31(36)37)43-27-28-42-17-23(44(28)14-13-38-27)21-7-8-24(47-15-9-34)26(33)25(21)32/h5-8,13-14,16-17,22H,2-4,10-12,15,35H2,1H3,(H,38,43)(H,39,45)(H,40,46)(H4,36,37,41)/t22-/m0/s1. The molecule has 0 radical (unpaired) electrons. The average molecular weight is 648 g/mol. The number of aryl methyl sites for hydroxylation is 1. The fourth-order valence-electron chi connectivity index (χ4n) is 4.74. The van der Waals surface area contributed by atoms with Crippen molar-refractivity contribution in [2.75, 3.05) is 31.6 Å². The van der Waals surface area contributed by atoms with E-state index < -0.39 is 24.3 Å². The van der Waals surface area contributed by atoms with E-state index in [4.69, 9.17) is 26.9 Å². The Balaban J connectivity index is 1.39. The molecule has 47 heavy (non-hydrogen) atoms. The van der Waals surface area contributed by atoms with Crippen LogP contribution in [-0.4, -0.2) is 64.4 Å². The maximum atomic E-state index is 15.0. The molecule has 16 heteroatoms. The van der Waals surface area contributed by atoms with Gasteiger partial charge in [0.15, 0.2) is 35.6 Å². The summed E-state index contributed by atoms with van der Waals surface area (Å²) in [5.41, 5.74) is 13.5. The number of aromatic nitrogens is 3. The van der Waals surface area contributed by atoms with Crippen molar-refractivity contribution in [1.82, 2.24) is 30.3 Å². The van der Waals surface area contributed by atoms with Crippen molar-refractivity contribution < 1.29 is 23.1 Å². The summed E-state index contributed by atoms with van der Waals surface area (Å²) in [6.45, 7) is 2.33. The first kappa shape index (κ1) is 34.1. The van der Waals surface area contributed by atoms with Crippen LogP contribution >= 0.6 is 0 Å². The van der Waals surface area contributed by atoms with Crippen LogP contribution in [0.25, 0.3) is 16.9 Å². The second kappa shape index (κ2) is 16.0. The normalized spacial score (nSPS) is 11.4. The summed E-state index contributed by atoms with van der Waals surface area (Å²) in [5, 5.41) is 27.1. The number of anilines is 2. The predicted octanol–water partition coefficient (Wildman–Crippen LogP) is 2.32. The van der Waals surface area contributed by atoms with E-state index in [0.29, 0.717) is 48.5 Å². The number of guanidine groups is 1. The highest BCUT2D eigenvalue weighted by molar-refractivity contribution is 5.96. The van der Waals surface area contributed by atoms with Crippen LogP contribution < -0.4 is 37.5 Å². The molecule has 9 N–H and O–H groups in total. The molecule has 0 bridgehead atoms. The molecule has 0 unspecified atom stereocenters. The lowest BCUT2D eigenvalue weighted by molar-refractivity contribution is -0.122. The molecule has 14 nitrogen and oxygen atoms in total. The van der Waals surface area contributed by atoms with Crippen molar-refractivity contribution in [3.05, 3.63) is 71.7 Å². The van der Waals surface area contributed by atoms with E-state index in [0.717, 1.165) is 5.56 Å². The van der Waals surface area contributed by atoms with Crippen molar-refractivity contribution in [1.29, 1.82) is 10.7 Å². The van der Waals surface area contributed by atoms with Crippen molar-refractivity contribution in [2.45, 2.75) is 32.2 Å². The predicted molar refractivity (Wildman–Crippen MR) is 171 cm³/mol. The van der Waals surface area contributed by atoms with Gasteiger partial charge in [-0.3, -0.25) is 19.4 Å². The van der Waals surface area contributed by atoms with E-state index in [9.17, 15) is 18.4 Å². The fraction of sp³-hybridized carbons (Fsp3) is 0.290. The number of hydrogen-bond acceptors (Lipinski definition) is 9. The molecule has 0 spiro atoms. The highest BCUT2D eigenvalue weighted by Crippen LogP contribution is 2.32. The topological polar surface area (TPSA) is 221 Å². The van der Waals surface area contributed by atoms with Gasteiger partial charge in [-0.15, -0.1) is 0 Å². The number of imidazole rings is 1. The first-order valence-corrected chi connectivity index (χ1v) is 14.7. The van der Waals surface area contributed by atoms with Gasteiger partial charge >= 0.3 is 0 Å². The van der Waals surface area contributed by atoms with Crippen molar-refractivity contribution in [2.24, 2.45) is 11.5 Å². The first-order chi connectivity index (χ1) is 22.6. The third kappa shape index (κ3) is 8.47. The van der Waals surface area contributed by atoms with Gasteiger partial charge < -0.3 is 37.5 Å². The third-order valence-electron chi connectivity index (χ3n) is 7.09. The van der Waals surface area contributed by atoms with Crippen LogP contribution in [0.4, 0.5) is 20.3 Å². The quantitative estimate of drug-likeness (QED) is 0.0567. The number of fused-ring (bicyclic) bond motifs is 1. The smallest absolute Gasteiger partial charge is 0.251 e. The second-order valence-corrected chi connectivity index (χ2v) is 10.3. The average Bonchev–Trinajstić information content (AvgIpc) is 3.50. The van der Waals surface area contributed by atoms with Gasteiger partial charge in [0.05, 0.1) is 17.9 Å². The molecule has 0 saturated heterocycles. The van der Waals surface area contributed by atoms with Crippen LogP contribution in [0.5, 0.6) is 5.75 Å². The number of ether oxygens (including phenoxy) is 1. The molecule has 0 fully saturated rings. The zero-order valence-electron chi connectivity index (χ0n) is 25.6. The zero-order valence-corrected chi connectivity index (χ0v) is 25.6. The Morgan fingerprint density at radius 2 is 1.89 bits per heavy atom. The van der Waals surface area contributed by atoms with Gasteiger partial charge in [0.25, 0.3) is 5.91 Å². The summed E-state index contributed by atoms with van der Waals surface area (Å²) in [4.78, 5) is 33.9. The highest BCUT2D eigenvalue weighted by atomic mass is 19.2. The lowest BCUT2D eigenvalue weighted by Crippen LogP contribution is -2.44. The monoisotopic (exact) mass is 647 g/mol. The van der Waals surface area contributed by atoms with E-state index in [2.05, 4.69) is 31.2 Å². The second-order valence-electron chi connectivity index (χ2n) is 10.3. The third-order valence-corrected chi connectivity index (χ3v) is 7.09. The maximum Gasteiger partial charge on any atom is 0.251 e. The molecule has 4 rings (SSSR count). The van der Waals surface area contributed by atoms with Gasteiger partial charge in [-0.25, -0.2) is 14.4 Å². The fourth-order valence-corrected chi connectivity index (χ4v) is 4.74. The van der Waals surface area contributed by atoms with Gasteiger partial charge in [0.1, 0.15) is 6.07 Å². The molecule has 246 valence electrons. The number of nitriles is 1. The Hall–Kier alpha value is -5.82. The number of benzene rings is 2. The van der Waals surface area contributed by atoms with Crippen LogP contribution in [0.2, 0.25) is 0 Å². The Bertz CT molecular complexity index is 1810. The Kier molecular flexibility index (Phi) is 11.6. The zero-order chi connectivity index (χ0) is 33.9. The molecular formula is C31H35F2N11O3. The SMILES string of the molecule is CCc1cc(Nc2nccn3c(-c4ccc(OCC#N)c(F)c4F)cnc23)ccc1C(=O)NCCNC(=O)[C@@H](N)CCCNC(=N)N. The first-order valence-electron chi connectivity index (χ1n) is 14.7. The maximum absolute atomic E-state index is 15.0. The lowest BCUT2D eigenvalue weighted by Gasteiger charge is -2.14. The summed E-state index contributed by atoms with van der Waals surface area (Å²) in [5.74, 6) is -3.16. The minimum atomic E-state index is -1.21. The van der Waals surface area contributed by atoms with Crippen molar-refractivity contribution in [3.63, 3.8) is 0 Å². The lowest BCUT2D eigenvalue weighted by atomic mass is 10.0. The van der Waals surface area contributed by atoms with E-state index in [1.54, 1.807) is 34.9 Å². The minimum Gasteiger partial charge on any atom is -0.476 e. The van der Waals surface area contributed by atoms with Crippen LogP contribution in [-0.2, 0) is 11.2 Å². The van der Waals surface area contributed by atoms with Crippen molar-refractivity contribution in [3.8, 4) is 23.1 Å². The number of nitrogens with zero attached hydrogens (tertiary/aromatic N) is 4. The largest absolute Gasteiger partial charge is 0.476 e. The number of nitrogens with one attached hydrogen (secondary N) is 5. The molecule has 4 aromatic rings. The number of rotatable bonds is 15. The molecular weight excluding hydrogens is 612 g/mol. The Labute approximate surface area is 269 Å². The van der Waals surface area contributed by atoms with Crippen LogP contribution in [0.3, 0.4) is 0 Å². The molecule has 0 aliphatic rings. The van der Waals surface area contributed by atoms with E-state index in [1.807, 2.05) is 6.92 Å². The van der Waals surface area contributed by atoms with E-state index in [-0.39, 0.29) is 47.9 Å². The number of carbonyl (C=O) groups is 2. The number of halogens is 2. The highest BCUT2D eigenvalue weighted by Gasteiger charge is 2.20. The van der Waals surface area contributed by atoms with Gasteiger partial charge in [-0.2, -0.15) is 9.65 Å². The molecule has 2 amide bonds. The van der Waals surface area contributed by atoms with Crippen LogP contribution in [0.1, 0.15) is 35.7 Å². The summed E-state index contributed by atoms with van der Waals surface area (Å²) in [7, 11) is 0. The molecule has 1 atom stereocenters. The number of amides is 2. The van der Waals surface area contributed by atoms with Gasteiger partial charge in [0.2, 0.25) is 11.7 Å². The van der Waals surface area contributed by atoms with Crippen LogP contribution in [0, 0.1) is 28.4 Å². The molecule has 0 aliphatic heterocycles. The van der Waals surface area contributed by atoms with E-state index in [1.165, 1.54) is 24.5 Å². The Morgan fingerprint density at radius 1 is 1.11 bits per heavy atom. The summed E-state index contributed by atoms with van der Waals surface area (Å²) < 4.78 is 36.1. The van der Waals surface area contributed by atoms with Gasteiger partial charge in [-0.1, -0.05) is 6.92 Å².